The molecule has 48 valence electrons. The average molecular weight is 135 g/mol. The maximum atomic E-state index is 9.88. The zero-order valence-electron chi connectivity index (χ0n) is 4.96. The minimum atomic E-state index is -0.398. The van der Waals surface area contributed by atoms with E-state index in [-0.39, 0.29) is 4.92 Å². The van der Waals surface area contributed by atoms with Crippen molar-refractivity contribution in [2.24, 2.45) is 0 Å². The van der Waals surface area contributed by atoms with Gasteiger partial charge in [0.25, 0.3) is 0 Å². The van der Waals surface area contributed by atoms with Crippen molar-refractivity contribution in [2.75, 3.05) is 12.0 Å². The van der Waals surface area contributed by atoms with Crippen LogP contribution < -0.4 is 0 Å². The summed E-state index contributed by atoms with van der Waals surface area (Å²) in [4.78, 5) is 9.61. The first-order valence-corrected chi connectivity index (χ1v) is 3.70. The Morgan fingerprint density at radius 1 is 1.88 bits per heavy atom. The van der Waals surface area contributed by atoms with Crippen molar-refractivity contribution in [1.82, 2.24) is 0 Å². The predicted molar refractivity (Wildman–Crippen MR) is 34.8 cm³/mol. The highest BCUT2D eigenvalue weighted by Crippen LogP contribution is 1.98. The van der Waals surface area contributed by atoms with Gasteiger partial charge in [-0.25, -0.2) is 0 Å². The van der Waals surface area contributed by atoms with Crippen molar-refractivity contribution < 1.29 is 4.92 Å². The Bertz CT molecular complexity index is 86.1. The van der Waals surface area contributed by atoms with Gasteiger partial charge in [0.05, 0.1) is 5.75 Å². The molecule has 0 bridgehead atoms. The molecule has 1 unspecified atom stereocenters. The lowest BCUT2D eigenvalue weighted by atomic mass is 10.4. The second-order valence-corrected chi connectivity index (χ2v) is 2.50. The average Bonchev–Trinajstić information content (AvgIpc) is 1.67. The monoisotopic (exact) mass is 135 g/mol. The van der Waals surface area contributed by atoms with Crippen molar-refractivity contribution in [3.8, 4) is 0 Å². The first-order chi connectivity index (χ1) is 3.68. The molecule has 0 aromatic heterocycles. The van der Waals surface area contributed by atoms with Crippen LogP contribution in [0.25, 0.3) is 0 Å². The van der Waals surface area contributed by atoms with Gasteiger partial charge in [-0.15, -0.1) is 0 Å². The number of hydrogen-bond acceptors (Lipinski definition) is 3. The van der Waals surface area contributed by atoms with Crippen LogP contribution in [-0.4, -0.2) is 23.0 Å². The molecule has 0 aliphatic rings. The van der Waals surface area contributed by atoms with Crippen LogP contribution in [0.5, 0.6) is 0 Å². The van der Waals surface area contributed by atoms with Gasteiger partial charge in [0.2, 0.25) is 6.04 Å². The third-order valence-corrected chi connectivity index (χ3v) is 1.58. The summed E-state index contributed by atoms with van der Waals surface area (Å²) in [5.74, 6) is 0.604. The molecule has 3 nitrogen and oxygen atoms in total. The number of nitrogens with zero attached hydrogens (tertiary/aromatic N) is 1. The lowest BCUT2D eigenvalue weighted by molar-refractivity contribution is -0.511. The zero-order valence-corrected chi connectivity index (χ0v) is 5.77. The summed E-state index contributed by atoms with van der Waals surface area (Å²) < 4.78 is 0. The van der Waals surface area contributed by atoms with Crippen LogP contribution in [0.4, 0.5) is 0 Å². The van der Waals surface area contributed by atoms with Crippen LogP contribution >= 0.6 is 11.8 Å². The number of thioether (sulfide) groups is 1. The highest BCUT2D eigenvalue weighted by molar-refractivity contribution is 7.98. The van der Waals surface area contributed by atoms with Gasteiger partial charge in [0.15, 0.2) is 0 Å². The highest BCUT2D eigenvalue weighted by Gasteiger charge is 2.09. The van der Waals surface area contributed by atoms with E-state index in [1.807, 2.05) is 6.26 Å². The Labute approximate surface area is 52.6 Å². The topological polar surface area (TPSA) is 43.1 Å². The van der Waals surface area contributed by atoms with Gasteiger partial charge in [-0.3, -0.25) is 10.1 Å². The Hall–Kier alpha value is -0.250. The normalized spacial score (nSPS) is 13.2. The molecular weight excluding hydrogens is 126 g/mol. The third kappa shape index (κ3) is 2.85. The summed E-state index contributed by atoms with van der Waals surface area (Å²) in [5.41, 5.74) is 0. The summed E-state index contributed by atoms with van der Waals surface area (Å²) in [6, 6.07) is -0.398. The van der Waals surface area contributed by atoms with E-state index < -0.39 is 6.04 Å². The van der Waals surface area contributed by atoms with E-state index in [1.165, 1.54) is 11.8 Å². The molecule has 0 saturated carbocycles. The molecule has 0 radical (unpaired) electrons. The lowest BCUT2D eigenvalue weighted by Crippen LogP contribution is -2.16. The molecular formula is C4H9NO2S. The molecule has 0 aromatic carbocycles. The second kappa shape index (κ2) is 3.72. The minimum Gasteiger partial charge on any atom is -0.264 e. The smallest absolute Gasteiger partial charge is 0.219 e. The molecule has 0 aromatic rings. The molecule has 0 N–H and O–H groups in total. The van der Waals surface area contributed by atoms with Gasteiger partial charge in [-0.05, 0) is 6.26 Å². The van der Waals surface area contributed by atoms with E-state index in [4.69, 9.17) is 0 Å². The molecule has 8 heavy (non-hydrogen) atoms. The molecule has 0 fully saturated rings. The Kier molecular flexibility index (Phi) is 3.60. The fourth-order valence-electron chi connectivity index (χ4n) is 0.302. The van der Waals surface area contributed by atoms with Crippen LogP contribution in [0.3, 0.4) is 0 Å². The molecule has 4 heteroatoms. The predicted octanol–water partition coefficient (Wildman–Crippen LogP) is 1.01. The SMILES string of the molecule is CSCC(C)[N+](=O)[O-]. The van der Waals surface area contributed by atoms with Gasteiger partial charge in [0.1, 0.15) is 0 Å². The molecule has 0 saturated heterocycles. The summed E-state index contributed by atoms with van der Waals surface area (Å²) >= 11 is 1.50. The number of hydrogen-bond donors (Lipinski definition) is 0. The Morgan fingerprint density at radius 2 is 2.38 bits per heavy atom. The maximum absolute atomic E-state index is 9.88. The fraction of sp³-hybridized carbons (Fsp3) is 1.00. The van der Waals surface area contributed by atoms with Gasteiger partial charge in [-0.2, -0.15) is 11.8 Å². The lowest BCUT2D eigenvalue weighted by Gasteiger charge is -1.97. The van der Waals surface area contributed by atoms with Crippen molar-refractivity contribution in [1.29, 1.82) is 0 Å². The summed E-state index contributed by atoms with van der Waals surface area (Å²) in [6.45, 7) is 1.61. The summed E-state index contributed by atoms with van der Waals surface area (Å²) in [6.07, 6.45) is 1.86. The summed E-state index contributed by atoms with van der Waals surface area (Å²) in [5, 5.41) is 9.88. The Balaban J connectivity index is 3.32. The van der Waals surface area contributed by atoms with Gasteiger partial charge < -0.3 is 0 Å². The van der Waals surface area contributed by atoms with Gasteiger partial charge >= 0.3 is 0 Å². The number of nitro groups is 1. The molecule has 0 amide bonds. The van der Waals surface area contributed by atoms with Crippen LogP contribution in [0, 0.1) is 10.1 Å². The second-order valence-electron chi connectivity index (χ2n) is 1.59. The van der Waals surface area contributed by atoms with E-state index in [1.54, 1.807) is 6.92 Å². The molecule has 1 atom stereocenters. The molecule has 0 rings (SSSR count). The standard InChI is InChI=1S/C4H9NO2S/c1-4(3-8-2)5(6)7/h4H,3H2,1-2H3. The largest absolute Gasteiger partial charge is 0.264 e. The van der Waals surface area contributed by atoms with E-state index in [9.17, 15) is 10.1 Å². The summed E-state index contributed by atoms with van der Waals surface area (Å²) in [7, 11) is 0. The number of rotatable bonds is 3. The third-order valence-electron chi connectivity index (χ3n) is 0.768. The Morgan fingerprint density at radius 3 is 2.50 bits per heavy atom. The quantitative estimate of drug-likeness (QED) is 0.428. The van der Waals surface area contributed by atoms with E-state index in [2.05, 4.69) is 0 Å². The first-order valence-electron chi connectivity index (χ1n) is 2.31. The molecule has 0 spiro atoms. The molecule has 0 heterocycles. The van der Waals surface area contributed by atoms with E-state index >= 15 is 0 Å². The van der Waals surface area contributed by atoms with Crippen molar-refractivity contribution in [3.05, 3.63) is 10.1 Å². The van der Waals surface area contributed by atoms with Gasteiger partial charge in [-0.1, -0.05) is 0 Å². The zero-order chi connectivity index (χ0) is 6.57. The minimum absolute atomic E-state index is 0.267. The van der Waals surface area contributed by atoms with Crippen molar-refractivity contribution in [3.63, 3.8) is 0 Å². The highest BCUT2D eigenvalue weighted by atomic mass is 32.2. The molecule has 0 aliphatic heterocycles. The van der Waals surface area contributed by atoms with E-state index in [0.717, 1.165) is 0 Å². The van der Waals surface area contributed by atoms with Gasteiger partial charge in [0, 0.05) is 11.8 Å². The van der Waals surface area contributed by atoms with Crippen LogP contribution in [0.15, 0.2) is 0 Å². The maximum Gasteiger partial charge on any atom is 0.219 e. The van der Waals surface area contributed by atoms with Crippen LogP contribution in [0.1, 0.15) is 6.92 Å². The fourth-order valence-corrected chi connectivity index (χ4v) is 0.906. The van der Waals surface area contributed by atoms with Crippen LogP contribution in [-0.2, 0) is 0 Å². The van der Waals surface area contributed by atoms with E-state index in [0.29, 0.717) is 5.75 Å². The molecule has 0 aliphatic carbocycles. The van der Waals surface area contributed by atoms with Crippen molar-refractivity contribution in [2.45, 2.75) is 13.0 Å². The van der Waals surface area contributed by atoms with Crippen molar-refractivity contribution >= 4 is 11.8 Å². The van der Waals surface area contributed by atoms with Crippen LogP contribution in [0.2, 0.25) is 0 Å². The first kappa shape index (κ1) is 7.75.